The van der Waals surface area contributed by atoms with Gasteiger partial charge in [0, 0.05) is 24.7 Å². The van der Waals surface area contributed by atoms with Crippen molar-refractivity contribution in [3.63, 3.8) is 0 Å². The molecule has 6 nitrogen and oxygen atoms in total. The number of piperidine rings is 1. The minimum absolute atomic E-state index is 0.166. The van der Waals surface area contributed by atoms with Crippen molar-refractivity contribution in [3.05, 3.63) is 95.6 Å². The fraction of sp³-hybridized carbons (Fsp3) is 0.345. The molecule has 6 heteroatoms. The number of aliphatic hydroxyl groups excluding tert-OH is 1. The van der Waals surface area contributed by atoms with Crippen LogP contribution in [0, 0.1) is 5.92 Å². The van der Waals surface area contributed by atoms with Crippen LogP contribution in [0.5, 0.6) is 11.5 Å². The van der Waals surface area contributed by atoms with Crippen molar-refractivity contribution in [1.29, 1.82) is 0 Å². The normalized spacial score (nSPS) is 22.3. The van der Waals surface area contributed by atoms with Gasteiger partial charge in [-0.25, -0.2) is 0 Å². The standard InChI is InChI=1S/C29H33NO5/c1-20(27(31)21-9-5-4-6-10-21)30-16-15-29(33,23-12-8-14-25(18-23)35-3)26(19-30)28(32)22-11-7-13-24(17-22)34-2/h4-14,17-18,20,26-27,31,33H,15-16,19H2,1-3H3. The maximum absolute atomic E-state index is 13.9. The van der Waals surface area contributed by atoms with Crippen LogP contribution in [0.1, 0.15) is 40.9 Å². The minimum Gasteiger partial charge on any atom is -0.497 e. The van der Waals surface area contributed by atoms with Crippen LogP contribution in [-0.2, 0) is 5.60 Å². The monoisotopic (exact) mass is 475 g/mol. The summed E-state index contributed by atoms with van der Waals surface area (Å²) in [6.07, 6.45) is -0.376. The molecule has 1 heterocycles. The molecule has 1 aliphatic rings. The number of Topliss-reactive ketones (excluding diaryl/α,β-unsaturated/α-hetero) is 1. The molecule has 0 amide bonds. The smallest absolute Gasteiger partial charge is 0.170 e. The van der Waals surface area contributed by atoms with Crippen molar-refractivity contribution >= 4 is 5.78 Å². The molecule has 4 atom stereocenters. The van der Waals surface area contributed by atoms with Crippen LogP contribution >= 0.6 is 0 Å². The first kappa shape index (κ1) is 24.9. The van der Waals surface area contributed by atoms with Gasteiger partial charge in [0.25, 0.3) is 0 Å². The van der Waals surface area contributed by atoms with Crippen molar-refractivity contribution in [2.24, 2.45) is 5.92 Å². The first-order valence-corrected chi connectivity index (χ1v) is 11.9. The Bertz CT molecular complexity index is 1150. The van der Waals surface area contributed by atoms with E-state index in [1.165, 1.54) is 0 Å². The molecule has 0 aromatic heterocycles. The van der Waals surface area contributed by atoms with E-state index in [1.807, 2.05) is 55.5 Å². The van der Waals surface area contributed by atoms with Gasteiger partial charge >= 0.3 is 0 Å². The zero-order valence-corrected chi connectivity index (χ0v) is 20.4. The van der Waals surface area contributed by atoms with Gasteiger partial charge in [0.15, 0.2) is 5.78 Å². The SMILES string of the molecule is COc1cccc(C(=O)C2CN(C(C)C(O)c3ccccc3)CCC2(O)c2cccc(OC)c2)c1. The highest BCUT2D eigenvalue weighted by atomic mass is 16.5. The summed E-state index contributed by atoms with van der Waals surface area (Å²) in [5.74, 6) is 0.293. The number of benzene rings is 3. The molecule has 35 heavy (non-hydrogen) atoms. The van der Waals surface area contributed by atoms with Crippen LogP contribution in [0.2, 0.25) is 0 Å². The van der Waals surface area contributed by atoms with Crippen molar-refractivity contribution in [1.82, 2.24) is 4.90 Å². The predicted octanol–water partition coefficient (Wildman–Crippen LogP) is 4.22. The Kier molecular flexibility index (Phi) is 7.55. The molecule has 1 fully saturated rings. The zero-order valence-electron chi connectivity index (χ0n) is 20.4. The Hall–Kier alpha value is -3.19. The second kappa shape index (κ2) is 10.6. The molecule has 4 unspecified atom stereocenters. The Morgan fingerprint density at radius 1 is 0.971 bits per heavy atom. The quantitative estimate of drug-likeness (QED) is 0.475. The number of carbonyl (C=O) groups is 1. The molecule has 1 saturated heterocycles. The average Bonchev–Trinajstić information content (AvgIpc) is 2.92. The number of hydrogen-bond acceptors (Lipinski definition) is 6. The van der Waals surface area contributed by atoms with Crippen molar-refractivity contribution in [2.75, 3.05) is 27.3 Å². The fourth-order valence-electron chi connectivity index (χ4n) is 4.98. The number of likely N-dealkylation sites (tertiary alicyclic amines) is 1. The molecule has 0 spiro atoms. The van der Waals surface area contributed by atoms with Crippen LogP contribution in [0.15, 0.2) is 78.9 Å². The first-order chi connectivity index (χ1) is 16.9. The molecular weight excluding hydrogens is 442 g/mol. The van der Waals surface area contributed by atoms with Gasteiger partial charge in [0.2, 0.25) is 0 Å². The second-order valence-corrected chi connectivity index (χ2v) is 9.15. The van der Waals surface area contributed by atoms with E-state index in [2.05, 4.69) is 4.90 Å². The lowest BCUT2D eigenvalue weighted by molar-refractivity contribution is -0.0824. The number of hydrogen-bond donors (Lipinski definition) is 2. The van der Waals surface area contributed by atoms with Gasteiger partial charge in [-0.3, -0.25) is 9.69 Å². The highest BCUT2D eigenvalue weighted by molar-refractivity contribution is 5.99. The lowest BCUT2D eigenvalue weighted by Gasteiger charge is -2.47. The van der Waals surface area contributed by atoms with Crippen LogP contribution in [0.4, 0.5) is 0 Å². The van der Waals surface area contributed by atoms with E-state index in [0.717, 1.165) is 5.56 Å². The summed E-state index contributed by atoms with van der Waals surface area (Å²) in [5.41, 5.74) is 0.565. The zero-order chi connectivity index (χ0) is 25.0. The van der Waals surface area contributed by atoms with E-state index >= 15 is 0 Å². The third-order valence-corrected chi connectivity index (χ3v) is 7.19. The van der Waals surface area contributed by atoms with Gasteiger partial charge in [-0.15, -0.1) is 0 Å². The van der Waals surface area contributed by atoms with E-state index < -0.39 is 17.6 Å². The summed E-state index contributed by atoms with van der Waals surface area (Å²) in [6.45, 7) is 2.79. The van der Waals surface area contributed by atoms with E-state index in [9.17, 15) is 15.0 Å². The molecule has 184 valence electrons. The van der Waals surface area contributed by atoms with Gasteiger partial charge in [0.05, 0.1) is 26.2 Å². The molecule has 3 aromatic carbocycles. The van der Waals surface area contributed by atoms with Gasteiger partial charge in [0.1, 0.15) is 17.1 Å². The average molecular weight is 476 g/mol. The summed E-state index contributed by atoms with van der Waals surface area (Å²) >= 11 is 0. The first-order valence-electron chi connectivity index (χ1n) is 11.9. The molecule has 0 saturated carbocycles. The molecule has 4 rings (SSSR count). The largest absolute Gasteiger partial charge is 0.497 e. The lowest BCUT2D eigenvalue weighted by Crippen LogP contribution is -2.56. The summed E-state index contributed by atoms with van der Waals surface area (Å²) < 4.78 is 10.7. The molecule has 0 aliphatic carbocycles. The van der Waals surface area contributed by atoms with Crippen molar-refractivity contribution < 1.29 is 24.5 Å². The molecule has 3 aromatic rings. The highest BCUT2D eigenvalue weighted by Gasteiger charge is 2.48. The third kappa shape index (κ3) is 5.10. The van der Waals surface area contributed by atoms with E-state index in [-0.39, 0.29) is 11.8 Å². The summed E-state index contributed by atoms with van der Waals surface area (Å²) in [7, 11) is 3.14. The highest BCUT2D eigenvalue weighted by Crippen LogP contribution is 2.42. The van der Waals surface area contributed by atoms with E-state index in [1.54, 1.807) is 44.6 Å². The minimum atomic E-state index is -1.39. The van der Waals surface area contributed by atoms with Crippen molar-refractivity contribution in [2.45, 2.75) is 31.1 Å². The van der Waals surface area contributed by atoms with Crippen LogP contribution in [0.3, 0.4) is 0 Å². The van der Waals surface area contributed by atoms with Gasteiger partial charge in [-0.05, 0) is 48.7 Å². The number of ether oxygens (including phenoxy) is 2. The predicted molar refractivity (Wildman–Crippen MR) is 135 cm³/mol. The van der Waals surface area contributed by atoms with Crippen molar-refractivity contribution in [3.8, 4) is 11.5 Å². The maximum Gasteiger partial charge on any atom is 0.170 e. The molecule has 0 bridgehead atoms. The molecule has 1 aliphatic heterocycles. The van der Waals surface area contributed by atoms with Gasteiger partial charge in [-0.2, -0.15) is 0 Å². The summed E-state index contributed by atoms with van der Waals surface area (Å²) in [4.78, 5) is 16.0. The summed E-state index contributed by atoms with van der Waals surface area (Å²) in [5, 5.41) is 23.1. The Morgan fingerprint density at radius 3 is 2.31 bits per heavy atom. The van der Waals surface area contributed by atoms with Gasteiger partial charge in [-0.1, -0.05) is 54.6 Å². The Labute approximate surface area is 206 Å². The van der Waals surface area contributed by atoms with E-state index in [4.69, 9.17) is 9.47 Å². The molecule has 2 N–H and O–H groups in total. The van der Waals surface area contributed by atoms with Gasteiger partial charge < -0.3 is 19.7 Å². The lowest BCUT2D eigenvalue weighted by atomic mass is 9.72. The topological polar surface area (TPSA) is 79.2 Å². The maximum atomic E-state index is 13.9. The summed E-state index contributed by atoms with van der Waals surface area (Å²) in [6, 6.07) is 23.6. The number of methoxy groups -OCH3 is 2. The Morgan fingerprint density at radius 2 is 1.63 bits per heavy atom. The van der Waals surface area contributed by atoms with Crippen LogP contribution in [-0.4, -0.2) is 54.2 Å². The van der Waals surface area contributed by atoms with Crippen LogP contribution < -0.4 is 9.47 Å². The molecule has 0 radical (unpaired) electrons. The number of rotatable bonds is 8. The molecular formula is C29H33NO5. The Balaban J connectivity index is 1.69. The number of ketones is 1. The number of aliphatic hydroxyl groups is 2. The van der Waals surface area contributed by atoms with E-state index in [0.29, 0.717) is 42.1 Å². The second-order valence-electron chi connectivity index (χ2n) is 9.15. The number of nitrogens with zero attached hydrogens (tertiary/aromatic N) is 1. The number of carbonyl (C=O) groups excluding carboxylic acids is 1. The fourth-order valence-corrected chi connectivity index (χ4v) is 4.98. The third-order valence-electron chi connectivity index (χ3n) is 7.19. The van der Waals surface area contributed by atoms with Crippen LogP contribution in [0.25, 0.3) is 0 Å².